The van der Waals surface area contributed by atoms with Crippen LogP contribution < -0.4 is 0 Å². The Hall–Kier alpha value is -1.14. The van der Waals surface area contributed by atoms with Gasteiger partial charge in [0.2, 0.25) is 0 Å². The molecular formula is C12H19NO5. The number of carboxylic acid groups (broad SMARTS) is 1. The van der Waals surface area contributed by atoms with E-state index < -0.39 is 11.6 Å². The highest BCUT2D eigenvalue weighted by Gasteiger charge is 2.46. The zero-order valence-corrected chi connectivity index (χ0v) is 10.7. The highest BCUT2D eigenvalue weighted by Crippen LogP contribution is 2.29. The molecule has 1 N–H and O–H groups in total. The summed E-state index contributed by atoms with van der Waals surface area (Å²) in [6.07, 6.45) is 0.575. The minimum Gasteiger partial charge on any atom is -0.480 e. The van der Waals surface area contributed by atoms with Gasteiger partial charge in [-0.2, -0.15) is 0 Å². The van der Waals surface area contributed by atoms with Gasteiger partial charge in [-0.15, -0.1) is 0 Å². The minimum absolute atomic E-state index is 0.00333. The molecule has 6 heteroatoms. The molecular weight excluding hydrogens is 238 g/mol. The fourth-order valence-electron chi connectivity index (χ4n) is 2.44. The summed E-state index contributed by atoms with van der Waals surface area (Å²) in [6.45, 7) is 5.01. The zero-order valence-electron chi connectivity index (χ0n) is 10.7. The van der Waals surface area contributed by atoms with Gasteiger partial charge in [-0.1, -0.05) is 6.92 Å². The highest BCUT2D eigenvalue weighted by atomic mass is 16.5. The fourth-order valence-corrected chi connectivity index (χ4v) is 2.44. The van der Waals surface area contributed by atoms with Crippen LogP contribution in [0.2, 0.25) is 0 Å². The molecule has 0 saturated carbocycles. The third-order valence-electron chi connectivity index (χ3n) is 3.54. The fraction of sp³-hybridized carbons (Fsp3) is 0.833. The molecule has 0 bridgehead atoms. The standard InChI is InChI=1S/C12H19NO5/c1-8-3-4-17-10(8)11(16)13-6-12(2,7-13)18-5-9(14)15/h8,10H,3-7H2,1-2H3,(H,14,15). The van der Waals surface area contributed by atoms with Gasteiger partial charge in [0.1, 0.15) is 18.3 Å². The summed E-state index contributed by atoms with van der Waals surface area (Å²) in [4.78, 5) is 24.2. The number of rotatable bonds is 4. The number of hydrogen-bond acceptors (Lipinski definition) is 4. The summed E-state index contributed by atoms with van der Waals surface area (Å²) in [5, 5.41) is 8.55. The molecule has 6 nitrogen and oxygen atoms in total. The first kappa shape index (κ1) is 13.3. The van der Waals surface area contributed by atoms with Crippen molar-refractivity contribution in [3.63, 3.8) is 0 Å². The van der Waals surface area contributed by atoms with Crippen LogP contribution in [0.1, 0.15) is 20.3 Å². The van der Waals surface area contributed by atoms with E-state index in [1.165, 1.54) is 0 Å². The van der Waals surface area contributed by atoms with Crippen LogP contribution in [0, 0.1) is 5.92 Å². The topological polar surface area (TPSA) is 76.1 Å². The van der Waals surface area contributed by atoms with Gasteiger partial charge in [0.15, 0.2) is 0 Å². The first-order valence-corrected chi connectivity index (χ1v) is 6.17. The molecule has 18 heavy (non-hydrogen) atoms. The van der Waals surface area contributed by atoms with Gasteiger partial charge in [0.25, 0.3) is 5.91 Å². The van der Waals surface area contributed by atoms with Crippen molar-refractivity contribution in [3.8, 4) is 0 Å². The number of aliphatic carboxylic acids is 1. The molecule has 2 heterocycles. The van der Waals surface area contributed by atoms with Crippen LogP contribution in [0.5, 0.6) is 0 Å². The van der Waals surface area contributed by atoms with E-state index in [0.717, 1.165) is 6.42 Å². The molecule has 0 radical (unpaired) electrons. The summed E-state index contributed by atoms with van der Waals surface area (Å²) in [5.74, 6) is -0.741. The van der Waals surface area contributed by atoms with Gasteiger partial charge in [-0.3, -0.25) is 4.79 Å². The van der Waals surface area contributed by atoms with Crippen molar-refractivity contribution in [3.05, 3.63) is 0 Å². The predicted octanol–water partition coefficient (Wildman–Crippen LogP) is 0.114. The molecule has 2 saturated heterocycles. The molecule has 0 aromatic heterocycles. The molecule has 0 aromatic carbocycles. The zero-order chi connectivity index (χ0) is 13.3. The van der Waals surface area contributed by atoms with Crippen LogP contribution in [0.4, 0.5) is 0 Å². The third-order valence-corrected chi connectivity index (χ3v) is 3.54. The summed E-state index contributed by atoms with van der Waals surface area (Å²) in [6, 6.07) is 0. The van der Waals surface area contributed by atoms with Crippen molar-refractivity contribution < 1.29 is 24.2 Å². The molecule has 2 rings (SSSR count). The van der Waals surface area contributed by atoms with Crippen molar-refractivity contribution in [2.24, 2.45) is 5.92 Å². The second-order valence-corrected chi connectivity index (χ2v) is 5.38. The number of carbonyl (C=O) groups is 2. The first-order chi connectivity index (χ1) is 8.41. The normalized spacial score (nSPS) is 30.0. The van der Waals surface area contributed by atoms with Crippen LogP contribution in [-0.4, -0.2) is 59.9 Å². The Bertz CT molecular complexity index is 350. The van der Waals surface area contributed by atoms with Gasteiger partial charge in [0, 0.05) is 6.61 Å². The number of nitrogens with zero attached hydrogens (tertiary/aromatic N) is 1. The lowest BCUT2D eigenvalue weighted by Gasteiger charge is -2.48. The van der Waals surface area contributed by atoms with E-state index in [9.17, 15) is 9.59 Å². The van der Waals surface area contributed by atoms with Crippen LogP contribution in [0.3, 0.4) is 0 Å². The number of hydrogen-bond donors (Lipinski definition) is 1. The van der Waals surface area contributed by atoms with Crippen LogP contribution in [-0.2, 0) is 19.1 Å². The first-order valence-electron chi connectivity index (χ1n) is 6.17. The summed E-state index contributed by atoms with van der Waals surface area (Å²) >= 11 is 0. The average Bonchev–Trinajstić information content (AvgIpc) is 2.68. The monoisotopic (exact) mass is 257 g/mol. The molecule has 0 spiro atoms. The van der Waals surface area contributed by atoms with E-state index in [1.807, 2.05) is 13.8 Å². The van der Waals surface area contributed by atoms with E-state index in [0.29, 0.717) is 19.7 Å². The summed E-state index contributed by atoms with van der Waals surface area (Å²) in [7, 11) is 0. The Morgan fingerprint density at radius 2 is 2.17 bits per heavy atom. The third kappa shape index (κ3) is 2.64. The number of likely N-dealkylation sites (tertiary alicyclic amines) is 1. The molecule has 2 atom stereocenters. The Kier molecular flexibility index (Phi) is 3.59. The van der Waals surface area contributed by atoms with Crippen molar-refractivity contribution >= 4 is 11.9 Å². The minimum atomic E-state index is -0.992. The van der Waals surface area contributed by atoms with Crippen molar-refractivity contribution in [1.29, 1.82) is 0 Å². The van der Waals surface area contributed by atoms with E-state index in [1.54, 1.807) is 4.90 Å². The number of ether oxygens (including phenoxy) is 2. The van der Waals surface area contributed by atoms with Crippen molar-refractivity contribution in [2.45, 2.75) is 32.0 Å². The SMILES string of the molecule is CC1CCOC1C(=O)N1CC(C)(OCC(=O)O)C1. The molecule has 2 fully saturated rings. The van der Waals surface area contributed by atoms with E-state index in [-0.39, 0.29) is 24.5 Å². The second-order valence-electron chi connectivity index (χ2n) is 5.38. The lowest BCUT2D eigenvalue weighted by atomic mass is 9.93. The van der Waals surface area contributed by atoms with E-state index in [2.05, 4.69) is 0 Å². The van der Waals surface area contributed by atoms with Gasteiger partial charge >= 0.3 is 5.97 Å². The maximum atomic E-state index is 12.1. The van der Waals surface area contributed by atoms with Crippen molar-refractivity contribution in [1.82, 2.24) is 4.90 Å². The van der Waals surface area contributed by atoms with Crippen LogP contribution in [0.25, 0.3) is 0 Å². The highest BCUT2D eigenvalue weighted by molar-refractivity contribution is 5.82. The Morgan fingerprint density at radius 1 is 1.50 bits per heavy atom. The molecule has 1 amide bonds. The average molecular weight is 257 g/mol. The summed E-state index contributed by atoms with van der Waals surface area (Å²) in [5.41, 5.74) is -0.532. The Morgan fingerprint density at radius 3 is 2.67 bits per heavy atom. The Labute approximate surface area is 106 Å². The van der Waals surface area contributed by atoms with Gasteiger partial charge in [-0.25, -0.2) is 4.79 Å². The number of amides is 1. The molecule has 2 aliphatic rings. The van der Waals surface area contributed by atoms with Crippen molar-refractivity contribution in [2.75, 3.05) is 26.3 Å². The molecule has 2 aliphatic heterocycles. The van der Waals surface area contributed by atoms with E-state index >= 15 is 0 Å². The molecule has 0 aromatic rings. The smallest absolute Gasteiger partial charge is 0.329 e. The van der Waals surface area contributed by atoms with Crippen LogP contribution >= 0.6 is 0 Å². The Balaban J connectivity index is 1.81. The lowest BCUT2D eigenvalue weighted by molar-refractivity contribution is -0.179. The van der Waals surface area contributed by atoms with Crippen LogP contribution in [0.15, 0.2) is 0 Å². The second kappa shape index (κ2) is 4.85. The molecule has 0 aliphatic carbocycles. The molecule has 102 valence electrons. The van der Waals surface area contributed by atoms with Gasteiger partial charge in [-0.05, 0) is 19.3 Å². The predicted molar refractivity (Wildman–Crippen MR) is 62.1 cm³/mol. The quantitative estimate of drug-likeness (QED) is 0.773. The maximum absolute atomic E-state index is 12.1. The van der Waals surface area contributed by atoms with E-state index in [4.69, 9.17) is 14.6 Å². The molecule has 2 unspecified atom stereocenters. The maximum Gasteiger partial charge on any atom is 0.329 e. The largest absolute Gasteiger partial charge is 0.480 e. The lowest BCUT2D eigenvalue weighted by Crippen LogP contribution is -2.65. The number of carboxylic acids is 1. The summed E-state index contributed by atoms with van der Waals surface area (Å²) < 4.78 is 10.7. The van der Waals surface area contributed by atoms with Gasteiger partial charge < -0.3 is 19.5 Å². The van der Waals surface area contributed by atoms with Gasteiger partial charge in [0.05, 0.1) is 13.1 Å². The number of carbonyl (C=O) groups excluding carboxylic acids is 1.